The molecule has 6 heteroatoms. The van der Waals surface area contributed by atoms with E-state index in [0.717, 1.165) is 11.1 Å². The maximum Gasteiger partial charge on any atom is 0.242 e. The second-order valence-corrected chi connectivity index (χ2v) is 7.52. The van der Waals surface area contributed by atoms with Crippen LogP contribution in [0.15, 0.2) is 42.5 Å². The average molecular weight is 421 g/mol. The zero-order valence-electron chi connectivity index (χ0n) is 16.5. The zero-order chi connectivity index (χ0) is 20.7. The highest BCUT2D eigenvalue weighted by Crippen LogP contribution is 2.26. The molecule has 0 bridgehead atoms. The quantitative estimate of drug-likeness (QED) is 0.667. The SMILES string of the molecule is CCNC(=O)C(CC)N(Cc1cccc(C)c1)C(=O)Cc1c(Cl)cccc1Cl. The lowest BCUT2D eigenvalue weighted by Gasteiger charge is -2.31. The third kappa shape index (κ3) is 5.73. The molecule has 1 N–H and O–H groups in total. The number of nitrogens with zero attached hydrogens (tertiary/aromatic N) is 1. The van der Waals surface area contributed by atoms with Gasteiger partial charge in [0.1, 0.15) is 6.04 Å². The van der Waals surface area contributed by atoms with E-state index < -0.39 is 6.04 Å². The zero-order valence-corrected chi connectivity index (χ0v) is 18.0. The van der Waals surface area contributed by atoms with E-state index >= 15 is 0 Å². The molecule has 0 aliphatic heterocycles. The van der Waals surface area contributed by atoms with Crippen LogP contribution in [0.4, 0.5) is 0 Å². The number of aryl methyl sites for hydroxylation is 1. The lowest BCUT2D eigenvalue weighted by molar-refractivity contribution is -0.140. The number of amides is 2. The molecule has 0 spiro atoms. The van der Waals surface area contributed by atoms with E-state index in [1.54, 1.807) is 23.1 Å². The van der Waals surface area contributed by atoms with Crippen molar-refractivity contribution in [1.82, 2.24) is 10.2 Å². The van der Waals surface area contributed by atoms with Gasteiger partial charge in [-0.1, -0.05) is 66.0 Å². The van der Waals surface area contributed by atoms with Crippen molar-refractivity contribution in [2.75, 3.05) is 6.54 Å². The molecule has 0 aliphatic rings. The van der Waals surface area contributed by atoms with Crippen LogP contribution in [0.5, 0.6) is 0 Å². The fourth-order valence-electron chi connectivity index (χ4n) is 3.17. The third-order valence-electron chi connectivity index (χ3n) is 4.56. The Morgan fingerprint density at radius 3 is 2.29 bits per heavy atom. The van der Waals surface area contributed by atoms with E-state index in [1.807, 2.05) is 45.0 Å². The Balaban J connectivity index is 2.35. The molecule has 0 saturated heterocycles. The van der Waals surface area contributed by atoms with E-state index in [9.17, 15) is 9.59 Å². The molecule has 1 atom stereocenters. The van der Waals surface area contributed by atoms with Crippen LogP contribution < -0.4 is 5.32 Å². The van der Waals surface area contributed by atoms with Crippen LogP contribution in [-0.2, 0) is 22.6 Å². The molecular weight excluding hydrogens is 395 g/mol. The third-order valence-corrected chi connectivity index (χ3v) is 5.27. The fraction of sp³-hybridized carbons (Fsp3) is 0.364. The molecular formula is C22H26Cl2N2O2. The molecule has 2 aromatic rings. The number of carbonyl (C=O) groups is 2. The number of benzene rings is 2. The lowest BCUT2D eigenvalue weighted by atomic mass is 10.1. The van der Waals surface area contributed by atoms with Crippen LogP contribution in [0.2, 0.25) is 10.0 Å². The predicted molar refractivity (Wildman–Crippen MR) is 115 cm³/mol. The number of likely N-dealkylation sites (N-methyl/N-ethyl adjacent to an activating group) is 1. The van der Waals surface area contributed by atoms with Gasteiger partial charge in [0.05, 0.1) is 6.42 Å². The Morgan fingerprint density at radius 1 is 1.07 bits per heavy atom. The van der Waals surface area contributed by atoms with E-state index in [0.29, 0.717) is 35.1 Å². The molecule has 2 amide bonds. The first kappa shape index (κ1) is 22.3. The first-order valence-electron chi connectivity index (χ1n) is 9.42. The Hall–Kier alpha value is -2.04. The molecule has 2 aromatic carbocycles. The van der Waals surface area contributed by atoms with Crippen molar-refractivity contribution in [1.29, 1.82) is 0 Å². The summed E-state index contributed by atoms with van der Waals surface area (Å²) in [5.41, 5.74) is 2.65. The van der Waals surface area contributed by atoms with Crippen molar-refractivity contribution < 1.29 is 9.59 Å². The van der Waals surface area contributed by atoms with Crippen LogP contribution in [0.1, 0.15) is 37.0 Å². The highest BCUT2D eigenvalue weighted by Gasteiger charge is 2.29. The second-order valence-electron chi connectivity index (χ2n) is 6.71. The van der Waals surface area contributed by atoms with Gasteiger partial charge in [0.2, 0.25) is 11.8 Å². The van der Waals surface area contributed by atoms with Gasteiger partial charge in [-0.3, -0.25) is 9.59 Å². The van der Waals surface area contributed by atoms with Crippen LogP contribution in [0.25, 0.3) is 0 Å². The Labute approximate surface area is 176 Å². The highest BCUT2D eigenvalue weighted by molar-refractivity contribution is 6.36. The van der Waals surface area contributed by atoms with Crippen LogP contribution in [0, 0.1) is 6.92 Å². The van der Waals surface area contributed by atoms with Gasteiger partial charge in [-0.15, -0.1) is 0 Å². The number of hydrogen-bond donors (Lipinski definition) is 1. The minimum atomic E-state index is -0.561. The number of carbonyl (C=O) groups excluding carboxylic acids is 2. The van der Waals surface area contributed by atoms with E-state index in [1.165, 1.54) is 0 Å². The van der Waals surface area contributed by atoms with Crippen molar-refractivity contribution in [2.24, 2.45) is 0 Å². The summed E-state index contributed by atoms with van der Waals surface area (Å²) in [6.07, 6.45) is 0.555. The van der Waals surface area contributed by atoms with Gasteiger partial charge in [0.15, 0.2) is 0 Å². The van der Waals surface area contributed by atoms with Gasteiger partial charge in [-0.05, 0) is 43.5 Å². The molecule has 0 fully saturated rings. The maximum absolute atomic E-state index is 13.2. The van der Waals surface area contributed by atoms with Gasteiger partial charge in [0, 0.05) is 23.1 Å². The summed E-state index contributed by atoms with van der Waals surface area (Å²) in [5.74, 6) is -0.342. The normalized spacial score (nSPS) is 11.8. The molecule has 0 aromatic heterocycles. The summed E-state index contributed by atoms with van der Waals surface area (Å²) in [4.78, 5) is 27.5. The monoisotopic (exact) mass is 420 g/mol. The fourth-order valence-corrected chi connectivity index (χ4v) is 3.70. The summed E-state index contributed by atoms with van der Waals surface area (Å²) in [6, 6.07) is 12.5. The number of nitrogens with one attached hydrogen (secondary N) is 1. The van der Waals surface area contributed by atoms with E-state index in [4.69, 9.17) is 23.2 Å². The number of halogens is 2. The first-order valence-corrected chi connectivity index (χ1v) is 10.2. The van der Waals surface area contributed by atoms with E-state index in [2.05, 4.69) is 5.32 Å². The minimum absolute atomic E-state index is 0.0419. The summed E-state index contributed by atoms with van der Waals surface area (Å²) >= 11 is 12.5. The molecule has 1 unspecified atom stereocenters. The van der Waals surface area contributed by atoms with Crippen molar-refractivity contribution in [3.05, 3.63) is 69.2 Å². The summed E-state index contributed by atoms with van der Waals surface area (Å²) < 4.78 is 0. The smallest absolute Gasteiger partial charge is 0.242 e. The molecule has 28 heavy (non-hydrogen) atoms. The van der Waals surface area contributed by atoms with Gasteiger partial charge in [-0.2, -0.15) is 0 Å². The van der Waals surface area contributed by atoms with Crippen molar-refractivity contribution >= 4 is 35.0 Å². The van der Waals surface area contributed by atoms with Crippen molar-refractivity contribution in [2.45, 2.75) is 46.2 Å². The van der Waals surface area contributed by atoms with Gasteiger partial charge in [0.25, 0.3) is 0 Å². The van der Waals surface area contributed by atoms with Crippen LogP contribution in [0.3, 0.4) is 0 Å². The number of hydrogen-bond acceptors (Lipinski definition) is 2. The van der Waals surface area contributed by atoms with Gasteiger partial charge >= 0.3 is 0 Å². The van der Waals surface area contributed by atoms with Gasteiger partial charge in [-0.25, -0.2) is 0 Å². The first-order chi connectivity index (χ1) is 13.4. The van der Waals surface area contributed by atoms with Gasteiger partial charge < -0.3 is 10.2 Å². The topological polar surface area (TPSA) is 49.4 Å². The molecule has 0 saturated carbocycles. The number of rotatable bonds is 8. The molecule has 2 rings (SSSR count). The molecule has 4 nitrogen and oxygen atoms in total. The summed E-state index contributed by atoms with van der Waals surface area (Å²) in [7, 11) is 0. The van der Waals surface area contributed by atoms with Crippen LogP contribution in [-0.4, -0.2) is 29.3 Å². The Morgan fingerprint density at radius 2 is 1.71 bits per heavy atom. The molecule has 150 valence electrons. The Bertz CT molecular complexity index is 819. The molecule has 0 radical (unpaired) electrons. The standard InChI is InChI=1S/C22H26Cl2N2O2/c1-4-20(22(28)25-5-2)26(14-16-9-6-8-15(3)12-16)21(27)13-17-18(23)10-7-11-19(17)24/h6-12,20H,4-5,13-14H2,1-3H3,(H,25,28). The van der Waals surface area contributed by atoms with E-state index in [-0.39, 0.29) is 18.2 Å². The van der Waals surface area contributed by atoms with Crippen LogP contribution >= 0.6 is 23.2 Å². The summed E-state index contributed by atoms with van der Waals surface area (Å²) in [6.45, 7) is 6.62. The molecule has 0 heterocycles. The van der Waals surface area contributed by atoms with Crippen molar-refractivity contribution in [3.63, 3.8) is 0 Å². The predicted octanol–water partition coefficient (Wildman–Crippen LogP) is 4.79. The lowest BCUT2D eigenvalue weighted by Crippen LogP contribution is -2.49. The summed E-state index contributed by atoms with van der Waals surface area (Å²) in [5, 5.41) is 3.72. The van der Waals surface area contributed by atoms with Crippen molar-refractivity contribution in [3.8, 4) is 0 Å². The minimum Gasteiger partial charge on any atom is -0.355 e. The molecule has 0 aliphatic carbocycles. The largest absolute Gasteiger partial charge is 0.355 e. The Kier molecular flexibility index (Phi) is 8.34. The highest BCUT2D eigenvalue weighted by atomic mass is 35.5. The second kappa shape index (κ2) is 10.5. The average Bonchev–Trinajstić information content (AvgIpc) is 2.65. The maximum atomic E-state index is 13.2.